The molecule has 1 amide bonds. The number of amides is 1. The van der Waals surface area contributed by atoms with Crippen LogP contribution in [0.5, 0.6) is 17.2 Å². The van der Waals surface area contributed by atoms with E-state index in [4.69, 9.17) is 14.0 Å². The second-order valence-electron chi connectivity index (χ2n) is 5.02. The van der Waals surface area contributed by atoms with Gasteiger partial charge in [0.25, 0.3) is 5.91 Å². The third-order valence-electron chi connectivity index (χ3n) is 3.54. The number of hydrogen-bond acceptors (Lipinski definition) is 6. The number of benzene rings is 1. The summed E-state index contributed by atoms with van der Waals surface area (Å²) < 4.78 is 15.3. The molecule has 1 aliphatic rings. The first-order valence-corrected chi connectivity index (χ1v) is 6.90. The van der Waals surface area contributed by atoms with Crippen molar-refractivity contribution in [2.24, 2.45) is 0 Å². The van der Waals surface area contributed by atoms with Crippen molar-refractivity contribution in [1.29, 1.82) is 0 Å². The molecule has 22 heavy (non-hydrogen) atoms. The summed E-state index contributed by atoms with van der Waals surface area (Å²) >= 11 is 0. The van der Waals surface area contributed by atoms with E-state index in [-0.39, 0.29) is 24.0 Å². The fourth-order valence-corrected chi connectivity index (χ4v) is 2.34. The summed E-state index contributed by atoms with van der Waals surface area (Å²) in [5, 5.41) is 13.9. The molecule has 0 radical (unpaired) electrons. The molecular formula is C15H16N2O5. The number of aromatic nitrogens is 1. The van der Waals surface area contributed by atoms with E-state index in [1.54, 1.807) is 7.05 Å². The summed E-state index contributed by atoms with van der Waals surface area (Å²) in [5.41, 5.74) is 1.83. The first-order chi connectivity index (χ1) is 10.6. The zero-order valence-electron chi connectivity index (χ0n) is 12.3. The van der Waals surface area contributed by atoms with E-state index >= 15 is 0 Å². The predicted octanol–water partition coefficient (Wildman–Crippen LogP) is 1.94. The molecule has 2 heterocycles. The maximum atomic E-state index is 12.5. The molecule has 116 valence electrons. The first kappa shape index (κ1) is 14.2. The molecule has 2 aromatic rings. The topological polar surface area (TPSA) is 85.0 Å². The van der Waals surface area contributed by atoms with Gasteiger partial charge in [0.05, 0.1) is 17.8 Å². The van der Waals surface area contributed by atoms with Crippen LogP contribution in [0, 0.1) is 0 Å². The molecule has 1 aliphatic heterocycles. The van der Waals surface area contributed by atoms with E-state index in [1.165, 1.54) is 23.3 Å². The molecule has 0 saturated carbocycles. The average molecular weight is 304 g/mol. The van der Waals surface area contributed by atoms with Crippen LogP contribution < -0.4 is 9.47 Å². The highest BCUT2D eigenvalue weighted by Crippen LogP contribution is 2.38. The Balaban J connectivity index is 1.81. The molecule has 0 bridgehead atoms. The fraction of sp³-hybridized carbons (Fsp3) is 0.333. The largest absolute Gasteiger partial charge is 0.507 e. The molecule has 1 N–H and O–H groups in total. The van der Waals surface area contributed by atoms with Gasteiger partial charge in [-0.25, -0.2) is 0 Å². The standard InChI is InChI=1S/C15H16N2O5/c1-3-11-9(7-22-16-11)6-17(2)15(19)10-4-13-14(5-12(10)18)21-8-20-13/h4-5,7,18H,3,6,8H2,1-2H3. The molecule has 3 rings (SSSR count). The molecule has 0 spiro atoms. The Morgan fingerprint density at radius 1 is 1.36 bits per heavy atom. The summed E-state index contributed by atoms with van der Waals surface area (Å²) in [5.74, 6) is 0.430. The Bertz CT molecular complexity index is 710. The van der Waals surface area contributed by atoms with Crippen LogP contribution in [-0.2, 0) is 13.0 Å². The van der Waals surface area contributed by atoms with E-state index in [0.29, 0.717) is 18.0 Å². The first-order valence-electron chi connectivity index (χ1n) is 6.90. The maximum Gasteiger partial charge on any atom is 0.257 e. The van der Waals surface area contributed by atoms with Crippen molar-refractivity contribution in [3.8, 4) is 17.2 Å². The van der Waals surface area contributed by atoms with Gasteiger partial charge in [0.1, 0.15) is 12.0 Å². The molecule has 0 unspecified atom stereocenters. The predicted molar refractivity (Wildman–Crippen MR) is 75.9 cm³/mol. The molecule has 0 saturated heterocycles. The lowest BCUT2D eigenvalue weighted by Crippen LogP contribution is -2.26. The molecule has 7 heteroatoms. The van der Waals surface area contributed by atoms with Crippen molar-refractivity contribution in [2.45, 2.75) is 19.9 Å². The van der Waals surface area contributed by atoms with Crippen LogP contribution in [0.1, 0.15) is 28.5 Å². The number of aromatic hydroxyl groups is 1. The van der Waals surface area contributed by atoms with Gasteiger partial charge < -0.3 is 24.0 Å². The lowest BCUT2D eigenvalue weighted by atomic mass is 10.1. The number of ether oxygens (including phenoxy) is 2. The van der Waals surface area contributed by atoms with Crippen molar-refractivity contribution in [3.63, 3.8) is 0 Å². The average Bonchev–Trinajstić information content (AvgIpc) is 3.13. The minimum absolute atomic E-state index is 0.0861. The normalized spacial score (nSPS) is 12.5. The van der Waals surface area contributed by atoms with Gasteiger partial charge in [-0.1, -0.05) is 12.1 Å². The van der Waals surface area contributed by atoms with Crippen molar-refractivity contribution < 1.29 is 23.9 Å². The second-order valence-corrected chi connectivity index (χ2v) is 5.02. The van der Waals surface area contributed by atoms with Gasteiger partial charge in [-0.15, -0.1) is 0 Å². The highest BCUT2D eigenvalue weighted by molar-refractivity contribution is 5.97. The number of carbonyl (C=O) groups is 1. The Kier molecular flexibility index (Phi) is 3.62. The van der Waals surface area contributed by atoms with Gasteiger partial charge in [-0.2, -0.15) is 0 Å². The zero-order valence-corrected chi connectivity index (χ0v) is 12.3. The number of fused-ring (bicyclic) bond motifs is 1. The molecule has 0 atom stereocenters. The minimum atomic E-state index is -0.320. The van der Waals surface area contributed by atoms with Gasteiger partial charge >= 0.3 is 0 Å². The smallest absolute Gasteiger partial charge is 0.257 e. The summed E-state index contributed by atoms with van der Waals surface area (Å²) in [6.45, 7) is 2.40. The van der Waals surface area contributed by atoms with Crippen molar-refractivity contribution in [1.82, 2.24) is 10.1 Å². The Morgan fingerprint density at radius 3 is 2.82 bits per heavy atom. The van der Waals surface area contributed by atoms with Crippen LogP contribution in [0.4, 0.5) is 0 Å². The van der Waals surface area contributed by atoms with E-state index in [1.807, 2.05) is 6.92 Å². The number of phenols is 1. The lowest BCUT2D eigenvalue weighted by Gasteiger charge is -2.17. The number of carbonyl (C=O) groups excluding carboxylic acids is 1. The summed E-state index contributed by atoms with van der Waals surface area (Å²) in [7, 11) is 1.65. The summed E-state index contributed by atoms with van der Waals surface area (Å²) in [4.78, 5) is 14.0. The molecule has 0 fully saturated rings. The van der Waals surface area contributed by atoms with Crippen LogP contribution in [0.25, 0.3) is 0 Å². The van der Waals surface area contributed by atoms with E-state index in [9.17, 15) is 9.90 Å². The second kappa shape index (κ2) is 5.59. The SMILES string of the molecule is CCc1nocc1CN(C)C(=O)c1cc2c(cc1O)OCO2. The third kappa shape index (κ3) is 2.45. The summed E-state index contributed by atoms with van der Waals surface area (Å²) in [6.07, 6.45) is 2.26. The zero-order chi connectivity index (χ0) is 15.7. The number of nitrogens with zero attached hydrogens (tertiary/aromatic N) is 2. The van der Waals surface area contributed by atoms with Crippen molar-refractivity contribution >= 4 is 5.91 Å². The van der Waals surface area contributed by atoms with Crippen LogP contribution in [0.2, 0.25) is 0 Å². The van der Waals surface area contributed by atoms with E-state index in [0.717, 1.165) is 17.7 Å². The third-order valence-corrected chi connectivity index (χ3v) is 3.54. The van der Waals surface area contributed by atoms with E-state index < -0.39 is 0 Å². The fourth-order valence-electron chi connectivity index (χ4n) is 2.34. The highest BCUT2D eigenvalue weighted by Gasteiger charge is 2.23. The quantitative estimate of drug-likeness (QED) is 0.929. The maximum absolute atomic E-state index is 12.5. The van der Waals surface area contributed by atoms with Crippen LogP contribution in [0.15, 0.2) is 22.9 Å². The Morgan fingerprint density at radius 2 is 2.09 bits per heavy atom. The van der Waals surface area contributed by atoms with Crippen LogP contribution in [0.3, 0.4) is 0 Å². The molecule has 0 aliphatic carbocycles. The van der Waals surface area contributed by atoms with Gasteiger partial charge in [0.15, 0.2) is 11.5 Å². The molecular weight excluding hydrogens is 288 g/mol. The van der Waals surface area contributed by atoms with Gasteiger partial charge in [0.2, 0.25) is 6.79 Å². The lowest BCUT2D eigenvalue weighted by molar-refractivity contribution is 0.0781. The molecule has 1 aromatic carbocycles. The monoisotopic (exact) mass is 304 g/mol. The highest BCUT2D eigenvalue weighted by atomic mass is 16.7. The molecule has 1 aromatic heterocycles. The number of phenolic OH excluding ortho intramolecular Hbond substituents is 1. The Hall–Kier alpha value is -2.70. The van der Waals surface area contributed by atoms with Gasteiger partial charge in [-0.05, 0) is 6.42 Å². The van der Waals surface area contributed by atoms with E-state index in [2.05, 4.69) is 5.16 Å². The van der Waals surface area contributed by atoms with Crippen molar-refractivity contribution in [2.75, 3.05) is 13.8 Å². The summed E-state index contributed by atoms with van der Waals surface area (Å²) in [6, 6.07) is 2.88. The Labute approximate surface area is 127 Å². The molecule has 7 nitrogen and oxygen atoms in total. The number of hydrogen-bond donors (Lipinski definition) is 1. The van der Waals surface area contributed by atoms with Gasteiger partial charge in [0, 0.05) is 24.7 Å². The number of aryl methyl sites for hydroxylation is 1. The minimum Gasteiger partial charge on any atom is -0.507 e. The van der Waals surface area contributed by atoms with Crippen LogP contribution >= 0.6 is 0 Å². The van der Waals surface area contributed by atoms with Crippen LogP contribution in [-0.4, -0.2) is 34.9 Å². The number of rotatable bonds is 4. The van der Waals surface area contributed by atoms with Gasteiger partial charge in [-0.3, -0.25) is 4.79 Å². The van der Waals surface area contributed by atoms with Crippen molar-refractivity contribution in [3.05, 3.63) is 35.2 Å².